The van der Waals surface area contributed by atoms with Gasteiger partial charge in [0.05, 0.1) is 11.7 Å². The number of hydrogen-bond acceptors (Lipinski definition) is 2. The van der Waals surface area contributed by atoms with Gasteiger partial charge in [-0.1, -0.05) is 18.2 Å². The van der Waals surface area contributed by atoms with Crippen LogP contribution in [0.1, 0.15) is 28.5 Å². The molecule has 1 aromatic heterocycles. The molecular formula is C15H14F3NO. The first kappa shape index (κ1) is 14.5. The molecule has 0 aliphatic rings. The van der Waals surface area contributed by atoms with E-state index in [4.69, 9.17) is 0 Å². The van der Waals surface area contributed by atoms with E-state index < -0.39 is 17.8 Å². The van der Waals surface area contributed by atoms with Crippen molar-refractivity contribution in [3.63, 3.8) is 0 Å². The maximum Gasteiger partial charge on any atom is 0.416 e. The zero-order valence-corrected chi connectivity index (χ0v) is 10.9. The molecule has 5 heteroatoms. The van der Waals surface area contributed by atoms with Gasteiger partial charge in [-0.15, -0.1) is 0 Å². The Kier molecular flexibility index (Phi) is 4.09. The van der Waals surface area contributed by atoms with Gasteiger partial charge in [-0.05, 0) is 36.2 Å². The number of alkyl halides is 3. The van der Waals surface area contributed by atoms with Crippen molar-refractivity contribution < 1.29 is 18.3 Å². The van der Waals surface area contributed by atoms with Crippen LogP contribution in [0.2, 0.25) is 0 Å². The SMILES string of the molecule is Cc1ccc(CC(O)c2cccc(C(F)(F)F)c2)nc1. The Labute approximate surface area is 114 Å². The number of hydrogen-bond donors (Lipinski definition) is 1. The highest BCUT2D eigenvalue weighted by Gasteiger charge is 2.30. The third-order valence-corrected chi connectivity index (χ3v) is 2.97. The smallest absolute Gasteiger partial charge is 0.388 e. The number of aryl methyl sites for hydroxylation is 1. The van der Waals surface area contributed by atoms with Crippen molar-refractivity contribution >= 4 is 0 Å². The summed E-state index contributed by atoms with van der Waals surface area (Å²) >= 11 is 0. The van der Waals surface area contributed by atoms with Gasteiger partial charge in [0.15, 0.2) is 0 Å². The van der Waals surface area contributed by atoms with Crippen molar-refractivity contribution in [1.82, 2.24) is 4.98 Å². The summed E-state index contributed by atoms with van der Waals surface area (Å²) in [6, 6.07) is 8.34. The summed E-state index contributed by atoms with van der Waals surface area (Å²) in [5.41, 5.74) is 1.11. The Morgan fingerprint density at radius 3 is 2.55 bits per heavy atom. The maximum absolute atomic E-state index is 12.6. The number of pyridine rings is 1. The molecule has 1 N–H and O–H groups in total. The standard InChI is InChI=1S/C15H14F3NO/c1-10-5-6-13(19-9-10)8-14(20)11-3-2-4-12(7-11)15(16,17)18/h2-7,9,14,20H,8H2,1H3. The summed E-state index contributed by atoms with van der Waals surface area (Å²) < 4.78 is 37.8. The second-order valence-electron chi connectivity index (χ2n) is 4.67. The predicted octanol–water partition coefficient (Wildman–Crippen LogP) is 3.68. The van der Waals surface area contributed by atoms with E-state index in [0.717, 1.165) is 17.7 Å². The summed E-state index contributed by atoms with van der Waals surface area (Å²) in [5.74, 6) is 0. The zero-order chi connectivity index (χ0) is 14.8. The fraction of sp³-hybridized carbons (Fsp3) is 0.267. The van der Waals surface area contributed by atoms with Crippen LogP contribution in [0.25, 0.3) is 0 Å². The Morgan fingerprint density at radius 1 is 1.20 bits per heavy atom. The van der Waals surface area contributed by atoms with Gasteiger partial charge in [0.2, 0.25) is 0 Å². The van der Waals surface area contributed by atoms with Crippen LogP contribution in [0.3, 0.4) is 0 Å². The normalized spacial score (nSPS) is 13.2. The Bertz CT molecular complexity index is 578. The highest BCUT2D eigenvalue weighted by Crippen LogP contribution is 2.31. The fourth-order valence-corrected chi connectivity index (χ4v) is 1.86. The molecule has 20 heavy (non-hydrogen) atoms. The van der Waals surface area contributed by atoms with E-state index in [9.17, 15) is 18.3 Å². The summed E-state index contributed by atoms with van der Waals surface area (Å²) in [4.78, 5) is 4.13. The van der Waals surface area contributed by atoms with Gasteiger partial charge in [0, 0.05) is 18.3 Å². The minimum absolute atomic E-state index is 0.182. The van der Waals surface area contributed by atoms with Crippen LogP contribution in [0.15, 0.2) is 42.6 Å². The predicted molar refractivity (Wildman–Crippen MR) is 69.1 cm³/mol. The molecule has 0 bridgehead atoms. The van der Waals surface area contributed by atoms with E-state index in [1.54, 1.807) is 12.3 Å². The second kappa shape index (κ2) is 5.63. The molecule has 2 aromatic rings. The first-order valence-corrected chi connectivity index (χ1v) is 6.13. The van der Waals surface area contributed by atoms with Crippen LogP contribution in [-0.4, -0.2) is 10.1 Å². The first-order valence-electron chi connectivity index (χ1n) is 6.13. The van der Waals surface area contributed by atoms with Gasteiger partial charge in [0.1, 0.15) is 0 Å². The van der Waals surface area contributed by atoms with Gasteiger partial charge < -0.3 is 5.11 Å². The van der Waals surface area contributed by atoms with Gasteiger partial charge in [-0.3, -0.25) is 4.98 Å². The quantitative estimate of drug-likeness (QED) is 0.930. The van der Waals surface area contributed by atoms with Crippen molar-refractivity contribution in [3.8, 4) is 0 Å². The van der Waals surface area contributed by atoms with Crippen LogP contribution < -0.4 is 0 Å². The van der Waals surface area contributed by atoms with Crippen LogP contribution in [-0.2, 0) is 12.6 Å². The number of halogens is 3. The average molecular weight is 281 g/mol. The topological polar surface area (TPSA) is 33.1 Å². The molecule has 0 aliphatic carbocycles. The summed E-state index contributed by atoms with van der Waals surface area (Å²) in [6.45, 7) is 1.89. The highest BCUT2D eigenvalue weighted by atomic mass is 19.4. The molecule has 0 spiro atoms. The number of rotatable bonds is 3. The minimum Gasteiger partial charge on any atom is -0.388 e. The number of nitrogens with zero attached hydrogens (tertiary/aromatic N) is 1. The third kappa shape index (κ3) is 3.57. The molecule has 0 fully saturated rings. The van der Waals surface area contributed by atoms with Crippen LogP contribution in [0, 0.1) is 6.92 Å². The van der Waals surface area contributed by atoms with Crippen LogP contribution in [0.4, 0.5) is 13.2 Å². The number of aromatic nitrogens is 1. The molecule has 106 valence electrons. The Balaban J connectivity index is 2.17. The van der Waals surface area contributed by atoms with Crippen molar-refractivity contribution in [1.29, 1.82) is 0 Å². The van der Waals surface area contributed by atoms with E-state index in [0.29, 0.717) is 5.69 Å². The van der Waals surface area contributed by atoms with Gasteiger partial charge in [0.25, 0.3) is 0 Å². The number of benzene rings is 1. The molecule has 0 aliphatic heterocycles. The molecular weight excluding hydrogens is 267 g/mol. The average Bonchev–Trinajstić information content (AvgIpc) is 2.40. The molecule has 0 radical (unpaired) electrons. The summed E-state index contributed by atoms with van der Waals surface area (Å²) in [7, 11) is 0. The molecule has 0 saturated heterocycles. The molecule has 1 atom stereocenters. The lowest BCUT2D eigenvalue weighted by molar-refractivity contribution is -0.137. The second-order valence-corrected chi connectivity index (χ2v) is 4.67. The highest BCUT2D eigenvalue weighted by molar-refractivity contribution is 5.28. The monoisotopic (exact) mass is 281 g/mol. The molecule has 2 nitrogen and oxygen atoms in total. The Hall–Kier alpha value is -1.88. The largest absolute Gasteiger partial charge is 0.416 e. The minimum atomic E-state index is -4.40. The van der Waals surface area contributed by atoms with Crippen molar-refractivity contribution in [3.05, 3.63) is 65.0 Å². The van der Waals surface area contributed by atoms with E-state index in [-0.39, 0.29) is 12.0 Å². The summed E-state index contributed by atoms with van der Waals surface area (Å²) in [5, 5.41) is 10.0. The van der Waals surface area contributed by atoms with E-state index >= 15 is 0 Å². The molecule has 1 unspecified atom stereocenters. The lowest BCUT2D eigenvalue weighted by Gasteiger charge is -2.13. The van der Waals surface area contributed by atoms with E-state index in [1.165, 1.54) is 12.1 Å². The maximum atomic E-state index is 12.6. The van der Waals surface area contributed by atoms with Crippen LogP contribution >= 0.6 is 0 Å². The van der Waals surface area contributed by atoms with Gasteiger partial charge in [-0.2, -0.15) is 13.2 Å². The first-order chi connectivity index (χ1) is 9.36. The van der Waals surface area contributed by atoms with Crippen molar-refractivity contribution in [2.75, 3.05) is 0 Å². The molecule has 0 amide bonds. The van der Waals surface area contributed by atoms with E-state index in [2.05, 4.69) is 4.98 Å². The Morgan fingerprint density at radius 2 is 1.95 bits per heavy atom. The van der Waals surface area contributed by atoms with Crippen LogP contribution in [0.5, 0.6) is 0 Å². The van der Waals surface area contributed by atoms with Gasteiger partial charge >= 0.3 is 6.18 Å². The van der Waals surface area contributed by atoms with Crippen molar-refractivity contribution in [2.45, 2.75) is 25.6 Å². The van der Waals surface area contributed by atoms with Gasteiger partial charge in [-0.25, -0.2) is 0 Å². The number of aliphatic hydroxyl groups is 1. The zero-order valence-electron chi connectivity index (χ0n) is 10.9. The molecule has 2 rings (SSSR count). The molecule has 1 heterocycles. The molecule has 0 saturated carbocycles. The van der Waals surface area contributed by atoms with Crippen molar-refractivity contribution in [2.24, 2.45) is 0 Å². The summed E-state index contributed by atoms with van der Waals surface area (Å²) in [6.07, 6.45) is -3.57. The fourth-order valence-electron chi connectivity index (χ4n) is 1.86. The van der Waals surface area contributed by atoms with E-state index in [1.807, 2.05) is 13.0 Å². The lowest BCUT2D eigenvalue weighted by atomic mass is 10.0. The molecule has 1 aromatic carbocycles. The number of aliphatic hydroxyl groups excluding tert-OH is 1. The lowest BCUT2D eigenvalue weighted by Crippen LogP contribution is -2.08. The third-order valence-electron chi connectivity index (χ3n) is 2.97.